The van der Waals surface area contributed by atoms with Crippen LogP contribution in [-0.2, 0) is 16.0 Å². The summed E-state index contributed by atoms with van der Waals surface area (Å²) in [6.45, 7) is 7.61. The number of ether oxygens (including phenoxy) is 1. The first-order valence-electron chi connectivity index (χ1n) is 10.6. The molecule has 1 aliphatic rings. The minimum absolute atomic E-state index is 0.153. The first kappa shape index (κ1) is 21.2. The zero-order chi connectivity index (χ0) is 21.0. The van der Waals surface area contributed by atoms with Crippen LogP contribution in [0.1, 0.15) is 58.9 Å². The molecule has 2 unspecified atom stereocenters. The first-order chi connectivity index (χ1) is 13.7. The predicted molar refractivity (Wildman–Crippen MR) is 115 cm³/mol. The van der Waals surface area contributed by atoms with Gasteiger partial charge in [-0.25, -0.2) is 4.79 Å². The lowest BCUT2D eigenvalue weighted by Crippen LogP contribution is -2.53. The first-order valence-corrected chi connectivity index (χ1v) is 10.6. The van der Waals surface area contributed by atoms with E-state index in [4.69, 9.17) is 4.74 Å². The molecule has 0 aliphatic heterocycles. The van der Waals surface area contributed by atoms with Crippen LogP contribution in [0, 0.1) is 5.92 Å². The van der Waals surface area contributed by atoms with Crippen LogP contribution >= 0.6 is 0 Å². The molecule has 0 spiro atoms. The molecule has 2 amide bonds. The van der Waals surface area contributed by atoms with Crippen LogP contribution in [0.5, 0.6) is 0 Å². The van der Waals surface area contributed by atoms with E-state index in [1.54, 1.807) is 0 Å². The second-order valence-electron chi connectivity index (χ2n) is 9.14. The zero-order valence-electron chi connectivity index (χ0n) is 17.9. The van der Waals surface area contributed by atoms with Gasteiger partial charge in [0.1, 0.15) is 11.6 Å². The van der Waals surface area contributed by atoms with Crippen LogP contribution in [0.25, 0.3) is 10.9 Å². The fourth-order valence-corrected chi connectivity index (χ4v) is 3.99. The number of H-pyrrole nitrogens is 1. The van der Waals surface area contributed by atoms with Crippen LogP contribution in [0.3, 0.4) is 0 Å². The Bertz CT molecular complexity index is 852. The SMILES string of the molecule is CC1CCCCC1NC(=O)[C@H](Cc1c[nH]c2ccccc12)NC(=O)OC(C)(C)C. The van der Waals surface area contributed by atoms with Crippen molar-refractivity contribution >= 4 is 22.9 Å². The number of hydrogen-bond donors (Lipinski definition) is 3. The number of benzene rings is 1. The Morgan fingerprint density at radius 3 is 2.66 bits per heavy atom. The van der Waals surface area contributed by atoms with Crippen LogP contribution in [0.4, 0.5) is 4.79 Å². The van der Waals surface area contributed by atoms with Crippen molar-refractivity contribution in [1.29, 1.82) is 0 Å². The molecular weight excluding hydrogens is 366 g/mol. The standard InChI is InChI=1S/C23H33N3O3/c1-15-9-5-7-11-18(15)25-21(27)20(26-22(28)29-23(2,3)4)13-16-14-24-19-12-8-6-10-17(16)19/h6,8,10,12,14-15,18,20,24H,5,7,9,11,13H2,1-4H3,(H,25,27)(H,26,28)/t15?,18?,20-/m0/s1. The van der Waals surface area contributed by atoms with E-state index >= 15 is 0 Å². The molecule has 3 rings (SSSR count). The van der Waals surface area contributed by atoms with Crippen molar-refractivity contribution < 1.29 is 14.3 Å². The molecule has 0 bridgehead atoms. The van der Waals surface area contributed by atoms with E-state index in [1.165, 1.54) is 6.42 Å². The molecule has 6 nitrogen and oxygen atoms in total. The van der Waals surface area contributed by atoms with E-state index in [-0.39, 0.29) is 11.9 Å². The molecular formula is C23H33N3O3. The highest BCUT2D eigenvalue weighted by atomic mass is 16.6. The van der Waals surface area contributed by atoms with Crippen molar-refractivity contribution in [3.63, 3.8) is 0 Å². The molecule has 1 aromatic carbocycles. The van der Waals surface area contributed by atoms with E-state index in [0.717, 1.165) is 35.7 Å². The van der Waals surface area contributed by atoms with Crippen molar-refractivity contribution in [2.75, 3.05) is 0 Å². The van der Waals surface area contributed by atoms with E-state index in [0.29, 0.717) is 12.3 Å². The summed E-state index contributed by atoms with van der Waals surface area (Å²) in [5.41, 5.74) is 1.39. The topological polar surface area (TPSA) is 83.2 Å². The maximum Gasteiger partial charge on any atom is 0.408 e. The number of hydrogen-bond acceptors (Lipinski definition) is 3. The Labute approximate surface area is 172 Å². The molecule has 2 aromatic rings. The number of aromatic nitrogens is 1. The summed E-state index contributed by atoms with van der Waals surface area (Å²) >= 11 is 0. The summed E-state index contributed by atoms with van der Waals surface area (Å²) in [5, 5.41) is 7.03. The van der Waals surface area contributed by atoms with Crippen LogP contribution in [-0.4, -0.2) is 34.7 Å². The Morgan fingerprint density at radius 2 is 1.93 bits per heavy atom. The number of carbonyl (C=O) groups excluding carboxylic acids is 2. The maximum atomic E-state index is 13.1. The molecule has 0 radical (unpaired) electrons. The lowest BCUT2D eigenvalue weighted by atomic mass is 9.85. The van der Waals surface area contributed by atoms with Gasteiger partial charge >= 0.3 is 6.09 Å². The number of carbonyl (C=O) groups is 2. The number of fused-ring (bicyclic) bond motifs is 1. The van der Waals surface area contributed by atoms with Crippen LogP contribution in [0.15, 0.2) is 30.5 Å². The highest BCUT2D eigenvalue weighted by Crippen LogP contribution is 2.24. The van der Waals surface area contributed by atoms with Crippen LogP contribution in [0.2, 0.25) is 0 Å². The van der Waals surface area contributed by atoms with Crippen molar-refractivity contribution in [1.82, 2.24) is 15.6 Å². The predicted octanol–water partition coefficient (Wildman–Crippen LogP) is 4.30. The Hall–Kier alpha value is -2.50. The van der Waals surface area contributed by atoms with E-state index in [2.05, 4.69) is 22.5 Å². The van der Waals surface area contributed by atoms with Crippen molar-refractivity contribution in [2.45, 2.75) is 77.5 Å². The van der Waals surface area contributed by atoms with Crippen molar-refractivity contribution in [3.8, 4) is 0 Å². The largest absolute Gasteiger partial charge is 0.444 e. The molecule has 1 fully saturated rings. The average molecular weight is 400 g/mol. The van der Waals surface area contributed by atoms with Gasteiger partial charge in [-0.05, 0) is 51.2 Å². The fraction of sp³-hybridized carbons (Fsp3) is 0.565. The van der Waals surface area contributed by atoms with Gasteiger partial charge in [0.05, 0.1) is 0 Å². The van der Waals surface area contributed by atoms with E-state index < -0.39 is 17.7 Å². The molecule has 6 heteroatoms. The number of amides is 2. The van der Waals surface area contributed by atoms with E-state index in [1.807, 2.05) is 51.2 Å². The minimum Gasteiger partial charge on any atom is -0.444 e. The van der Waals surface area contributed by atoms with E-state index in [9.17, 15) is 9.59 Å². The van der Waals surface area contributed by atoms with Crippen molar-refractivity contribution in [2.24, 2.45) is 5.92 Å². The smallest absolute Gasteiger partial charge is 0.408 e. The van der Waals surface area contributed by atoms with Gasteiger partial charge in [-0.15, -0.1) is 0 Å². The van der Waals surface area contributed by atoms with Gasteiger partial charge in [0.2, 0.25) is 5.91 Å². The monoisotopic (exact) mass is 399 g/mol. The van der Waals surface area contributed by atoms with Gasteiger partial charge in [-0.3, -0.25) is 4.79 Å². The summed E-state index contributed by atoms with van der Waals surface area (Å²) in [7, 11) is 0. The zero-order valence-corrected chi connectivity index (χ0v) is 17.9. The third-order valence-electron chi connectivity index (χ3n) is 5.55. The molecule has 1 saturated carbocycles. The molecule has 0 saturated heterocycles. The van der Waals surface area contributed by atoms with Gasteiger partial charge in [0.15, 0.2) is 0 Å². The number of nitrogens with one attached hydrogen (secondary N) is 3. The lowest BCUT2D eigenvalue weighted by Gasteiger charge is -2.31. The fourth-order valence-electron chi connectivity index (χ4n) is 3.99. The number of para-hydroxylation sites is 1. The van der Waals surface area contributed by atoms with Crippen LogP contribution < -0.4 is 10.6 Å². The molecule has 29 heavy (non-hydrogen) atoms. The average Bonchev–Trinajstić information content (AvgIpc) is 3.04. The molecule has 1 aromatic heterocycles. The highest BCUT2D eigenvalue weighted by Gasteiger charge is 2.29. The second-order valence-corrected chi connectivity index (χ2v) is 9.14. The summed E-state index contributed by atoms with van der Waals surface area (Å²) in [6.07, 6.45) is 6.18. The summed E-state index contributed by atoms with van der Waals surface area (Å²) < 4.78 is 5.40. The van der Waals surface area contributed by atoms with Crippen molar-refractivity contribution in [3.05, 3.63) is 36.0 Å². The van der Waals surface area contributed by atoms with Gasteiger partial charge in [-0.1, -0.05) is 38.0 Å². The third-order valence-corrected chi connectivity index (χ3v) is 5.55. The van der Waals surface area contributed by atoms with Gasteiger partial charge < -0.3 is 20.4 Å². The van der Waals surface area contributed by atoms with Gasteiger partial charge in [0.25, 0.3) is 0 Å². The summed E-state index contributed by atoms with van der Waals surface area (Å²) in [5.74, 6) is 0.294. The Balaban J connectivity index is 1.76. The minimum atomic E-state index is -0.696. The second kappa shape index (κ2) is 8.89. The number of rotatable bonds is 5. The van der Waals surface area contributed by atoms with Gasteiger partial charge in [-0.2, -0.15) is 0 Å². The third kappa shape index (κ3) is 5.75. The molecule has 158 valence electrons. The Morgan fingerprint density at radius 1 is 1.21 bits per heavy atom. The number of aromatic amines is 1. The molecule has 3 N–H and O–H groups in total. The maximum absolute atomic E-state index is 13.1. The molecule has 1 heterocycles. The quantitative estimate of drug-likeness (QED) is 0.701. The van der Waals surface area contributed by atoms with Gasteiger partial charge in [0, 0.05) is 29.6 Å². The number of alkyl carbamates (subject to hydrolysis) is 1. The lowest BCUT2D eigenvalue weighted by molar-refractivity contribution is -0.124. The summed E-state index contributed by atoms with van der Waals surface area (Å²) in [4.78, 5) is 28.8. The Kier molecular flexibility index (Phi) is 6.50. The normalized spacial score (nSPS) is 20.8. The summed E-state index contributed by atoms with van der Waals surface area (Å²) in [6, 6.07) is 7.42. The molecule has 3 atom stereocenters. The highest BCUT2D eigenvalue weighted by molar-refractivity contribution is 5.88. The molecule has 1 aliphatic carbocycles.